The molecule has 0 spiro atoms. The van der Waals surface area contributed by atoms with Crippen LogP contribution in [0.15, 0.2) is 41.9 Å². The Morgan fingerprint density at radius 1 is 1.38 bits per heavy atom. The topological polar surface area (TPSA) is 50.9 Å². The maximum Gasteiger partial charge on any atom is 0.126 e. The lowest BCUT2D eigenvalue weighted by molar-refractivity contribution is 1.25. The van der Waals surface area contributed by atoms with Crippen LogP contribution in [0.1, 0.15) is 0 Å². The van der Waals surface area contributed by atoms with Crippen molar-refractivity contribution >= 4 is 34.0 Å². The minimum absolute atomic E-state index is 0.509. The molecule has 3 N–H and O–H groups in total. The molecule has 0 atom stereocenters. The van der Waals surface area contributed by atoms with Crippen LogP contribution in [-0.2, 0) is 0 Å². The minimum Gasteiger partial charge on any atom is -0.399 e. The first-order valence-electron chi connectivity index (χ1n) is 4.88. The van der Waals surface area contributed by atoms with E-state index in [2.05, 4.69) is 16.9 Å². The molecule has 0 radical (unpaired) electrons. The van der Waals surface area contributed by atoms with E-state index < -0.39 is 0 Å². The number of pyridine rings is 1. The van der Waals surface area contributed by atoms with E-state index in [-0.39, 0.29) is 0 Å². The molecular weight excluding hydrogens is 222 g/mol. The Kier molecular flexibility index (Phi) is 2.97. The van der Waals surface area contributed by atoms with Crippen molar-refractivity contribution in [2.45, 2.75) is 0 Å². The van der Waals surface area contributed by atoms with E-state index in [0.717, 1.165) is 22.4 Å². The Morgan fingerprint density at radius 2 is 2.19 bits per heavy atom. The van der Waals surface area contributed by atoms with Gasteiger partial charge in [0.15, 0.2) is 0 Å². The lowest BCUT2D eigenvalue weighted by atomic mass is 10.2. The maximum absolute atomic E-state index is 5.69. The summed E-state index contributed by atoms with van der Waals surface area (Å²) in [5.41, 5.74) is 7.33. The zero-order chi connectivity index (χ0) is 11.5. The number of benzene rings is 1. The van der Waals surface area contributed by atoms with E-state index in [1.165, 1.54) is 0 Å². The fourth-order valence-electron chi connectivity index (χ4n) is 1.43. The molecule has 3 nitrogen and oxygen atoms in total. The normalized spacial score (nSPS) is 10.3. The largest absolute Gasteiger partial charge is 0.399 e. The number of anilines is 2. The van der Waals surface area contributed by atoms with E-state index in [0.29, 0.717) is 11.6 Å². The molecule has 0 saturated heterocycles. The molecule has 1 heterocycles. The van der Waals surface area contributed by atoms with E-state index in [4.69, 9.17) is 17.3 Å². The summed E-state index contributed by atoms with van der Waals surface area (Å²) in [6, 6.07) is 9.48. The number of nitrogens with one attached hydrogen (secondary N) is 1. The van der Waals surface area contributed by atoms with Crippen LogP contribution in [0.4, 0.5) is 11.5 Å². The van der Waals surface area contributed by atoms with Crippen molar-refractivity contribution in [3.05, 3.63) is 41.9 Å². The number of nitrogen functional groups attached to an aromatic ring is 1. The van der Waals surface area contributed by atoms with Gasteiger partial charge < -0.3 is 11.1 Å². The third kappa shape index (κ3) is 2.44. The van der Waals surface area contributed by atoms with E-state index in [1.807, 2.05) is 30.3 Å². The predicted molar refractivity (Wildman–Crippen MR) is 69.6 cm³/mol. The van der Waals surface area contributed by atoms with Crippen LogP contribution in [0.25, 0.3) is 10.9 Å². The number of fused-ring (bicyclic) bond motifs is 1. The van der Waals surface area contributed by atoms with Crippen LogP contribution in [0.3, 0.4) is 0 Å². The van der Waals surface area contributed by atoms with Crippen molar-refractivity contribution in [1.82, 2.24) is 4.98 Å². The van der Waals surface area contributed by atoms with Gasteiger partial charge in [-0.1, -0.05) is 18.2 Å². The highest BCUT2D eigenvalue weighted by molar-refractivity contribution is 6.29. The van der Waals surface area contributed by atoms with Crippen LogP contribution < -0.4 is 11.1 Å². The molecule has 0 amide bonds. The van der Waals surface area contributed by atoms with Crippen molar-refractivity contribution in [3.8, 4) is 0 Å². The van der Waals surface area contributed by atoms with E-state index in [1.54, 1.807) is 0 Å². The molecule has 16 heavy (non-hydrogen) atoms. The molecular formula is C12H12ClN3. The van der Waals surface area contributed by atoms with Gasteiger partial charge in [-0.15, -0.1) is 0 Å². The number of nitrogens with zero attached hydrogens (tertiary/aromatic N) is 1. The Bertz CT molecular complexity index is 537. The van der Waals surface area contributed by atoms with Crippen molar-refractivity contribution < 1.29 is 0 Å². The molecule has 0 aliphatic carbocycles. The Balaban J connectivity index is 2.30. The van der Waals surface area contributed by atoms with Gasteiger partial charge in [-0.25, -0.2) is 4.98 Å². The van der Waals surface area contributed by atoms with Gasteiger partial charge in [-0.3, -0.25) is 0 Å². The number of hydrogen-bond acceptors (Lipinski definition) is 3. The molecule has 1 aromatic heterocycles. The molecule has 0 bridgehead atoms. The molecule has 2 rings (SSSR count). The molecule has 0 saturated carbocycles. The summed E-state index contributed by atoms with van der Waals surface area (Å²) in [6.07, 6.45) is 0. The first kappa shape index (κ1) is 10.8. The van der Waals surface area contributed by atoms with Crippen LogP contribution in [0.2, 0.25) is 0 Å². The van der Waals surface area contributed by atoms with Crippen molar-refractivity contribution in [2.24, 2.45) is 0 Å². The van der Waals surface area contributed by atoms with Gasteiger partial charge in [0.05, 0.1) is 12.1 Å². The molecule has 0 unspecified atom stereocenters. The fourth-order valence-corrected chi connectivity index (χ4v) is 1.50. The summed E-state index contributed by atoms with van der Waals surface area (Å²) >= 11 is 5.67. The molecule has 0 aliphatic rings. The monoisotopic (exact) mass is 233 g/mol. The number of hydrogen-bond donors (Lipinski definition) is 2. The van der Waals surface area contributed by atoms with Crippen molar-refractivity contribution in [2.75, 3.05) is 17.6 Å². The zero-order valence-corrected chi connectivity index (χ0v) is 9.46. The summed E-state index contributed by atoms with van der Waals surface area (Å²) in [5.74, 6) is 0.777. The third-order valence-corrected chi connectivity index (χ3v) is 2.31. The van der Waals surface area contributed by atoms with E-state index >= 15 is 0 Å². The Hall–Kier alpha value is -1.74. The summed E-state index contributed by atoms with van der Waals surface area (Å²) in [4.78, 5) is 4.42. The highest BCUT2D eigenvalue weighted by Gasteiger charge is 1.98. The SMILES string of the molecule is C=C(Cl)CNc1ccc2cc(N)ccc2n1. The second-order valence-corrected chi connectivity index (χ2v) is 4.05. The van der Waals surface area contributed by atoms with Crippen LogP contribution in [0.5, 0.6) is 0 Å². The standard InChI is InChI=1S/C12H12ClN3/c1-8(13)7-15-12-5-2-9-6-10(14)3-4-11(9)16-12/h2-6H,1,7,14H2,(H,15,16). The maximum atomic E-state index is 5.69. The third-order valence-electron chi connectivity index (χ3n) is 2.17. The van der Waals surface area contributed by atoms with Crippen LogP contribution >= 0.6 is 11.6 Å². The van der Waals surface area contributed by atoms with Crippen LogP contribution in [0, 0.1) is 0 Å². The van der Waals surface area contributed by atoms with Gasteiger partial charge in [0.1, 0.15) is 5.82 Å². The number of rotatable bonds is 3. The molecule has 82 valence electrons. The summed E-state index contributed by atoms with van der Waals surface area (Å²) in [6.45, 7) is 4.11. The molecule has 1 aromatic carbocycles. The first-order chi connectivity index (χ1) is 7.65. The smallest absolute Gasteiger partial charge is 0.126 e. The second-order valence-electron chi connectivity index (χ2n) is 3.52. The fraction of sp³-hybridized carbons (Fsp3) is 0.0833. The zero-order valence-electron chi connectivity index (χ0n) is 8.70. The van der Waals surface area contributed by atoms with Gasteiger partial charge in [0, 0.05) is 16.1 Å². The van der Waals surface area contributed by atoms with Gasteiger partial charge in [0.2, 0.25) is 0 Å². The summed E-state index contributed by atoms with van der Waals surface area (Å²) in [5, 5.41) is 4.66. The number of aromatic nitrogens is 1. The lowest BCUT2D eigenvalue weighted by Crippen LogP contribution is -2.02. The van der Waals surface area contributed by atoms with Crippen molar-refractivity contribution in [3.63, 3.8) is 0 Å². The van der Waals surface area contributed by atoms with Crippen molar-refractivity contribution in [1.29, 1.82) is 0 Å². The highest BCUT2D eigenvalue weighted by Crippen LogP contribution is 2.18. The Labute approximate surface area is 98.9 Å². The number of nitrogens with two attached hydrogens (primary N) is 1. The molecule has 0 aliphatic heterocycles. The van der Waals surface area contributed by atoms with Gasteiger partial charge >= 0.3 is 0 Å². The molecule has 4 heteroatoms. The molecule has 2 aromatic rings. The first-order valence-corrected chi connectivity index (χ1v) is 5.26. The van der Waals surface area contributed by atoms with Gasteiger partial charge in [-0.2, -0.15) is 0 Å². The second kappa shape index (κ2) is 4.41. The van der Waals surface area contributed by atoms with Gasteiger partial charge in [0.25, 0.3) is 0 Å². The van der Waals surface area contributed by atoms with Gasteiger partial charge in [-0.05, 0) is 30.3 Å². The van der Waals surface area contributed by atoms with Crippen LogP contribution in [-0.4, -0.2) is 11.5 Å². The van der Waals surface area contributed by atoms with E-state index in [9.17, 15) is 0 Å². The summed E-state index contributed by atoms with van der Waals surface area (Å²) < 4.78 is 0. The lowest BCUT2D eigenvalue weighted by Gasteiger charge is -2.05. The predicted octanol–water partition coefficient (Wildman–Crippen LogP) is 2.98. The minimum atomic E-state index is 0.509. The average Bonchev–Trinajstić information content (AvgIpc) is 2.26. The molecule has 0 fully saturated rings. The highest BCUT2D eigenvalue weighted by atomic mass is 35.5. The quantitative estimate of drug-likeness (QED) is 0.802. The Morgan fingerprint density at radius 3 is 2.94 bits per heavy atom. The number of halogens is 1. The summed E-state index contributed by atoms with van der Waals surface area (Å²) in [7, 11) is 0. The average molecular weight is 234 g/mol.